The van der Waals surface area contributed by atoms with Crippen LogP contribution in [0.3, 0.4) is 0 Å². The summed E-state index contributed by atoms with van der Waals surface area (Å²) in [7, 11) is 0. The highest BCUT2D eigenvalue weighted by Crippen LogP contribution is 2.27. The molecule has 1 amide bonds. The highest BCUT2D eigenvalue weighted by atomic mass is 19.1. The summed E-state index contributed by atoms with van der Waals surface area (Å²) in [6.45, 7) is 8.17. The number of unbranched alkanes of at least 4 members (excludes halogenated alkanes) is 3. The molecule has 1 aliphatic rings. The number of anilines is 1. The molecule has 162 valence electrons. The van der Waals surface area contributed by atoms with Crippen molar-refractivity contribution >= 4 is 11.7 Å². The van der Waals surface area contributed by atoms with Crippen molar-refractivity contribution < 1.29 is 13.9 Å². The summed E-state index contributed by atoms with van der Waals surface area (Å²) in [4.78, 5) is 25.3. The Labute approximate surface area is 178 Å². The Balaban J connectivity index is 1.60. The van der Waals surface area contributed by atoms with E-state index >= 15 is 0 Å². The SMILES string of the molecule is CCCCCCC(=O)N1CCN(c2cc(Oc3ccc(F)cc3C)ncn2)CC1C. The number of aryl methyl sites for hydroxylation is 1. The summed E-state index contributed by atoms with van der Waals surface area (Å²) >= 11 is 0. The van der Waals surface area contributed by atoms with Crippen molar-refractivity contribution in [1.29, 1.82) is 0 Å². The van der Waals surface area contributed by atoms with Gasteiger partial charge in [0.15, 0.2) is 0 Å². The van der Waals surface area contributed by atoms with Gasteiger partial charge in [0.1, 0.15) is 23.7 Å². The van der Waals surface area contributed by atoms with Crippen LogP contribution in [0.5, 0.6) is 11.6 Å². The van der Waals surface area contributed by atoms with Crippen molar-refractivity contribution in [1.82, 2.24) is 14.9 Å². The van der Waals surface area contributed by atoms with Gasteiger partial charge in [0.25, 0.3) is 0 Å². The fourth-order valence-corrected chi connectivity index (χ4v) is 3.78. The van der Waals surface area contributed by atoms with Crippen LogP contribution in [0.15, 0.2) is 30.6 Å². The molecule has 0 spiro atoms. The number of carbonyl (C=O) groups excluding carboxylic acids is 1. The maximum Gasteiger partial charge on any atom is 0.224 e. The number of nitrogens with zero attached hydrogens (tertiary/aromatic N) is 4. The van der Waals surface area contributed by atoms with Crippen LogP contribution in [0.25, 0.3) is 0 Å². The molecule has 7 heteroatoms. The predicted octanol–water partition coefficient (Wildman–Crippen LogP) is 4.72. The highest BCUT2D eigenvalue weighted by Gasteiger charge is 2.27. The minimum atomic E-state index is -0.296. The number of ether oxygens (including phenoxy) is 1. The number of benzene rings is 1. The predicted molar refractivity (Wildman–Crippen MR) is 115 cm³/mol. The van der Waals surface area contributed by atoms with E-state index in [0.29, 0.717) is 36.7 Å². The first-order valence-corrected chi connectivity index (χ1v) is 10.8. The Kier molecular flexibility index (Phi) is 7.60. The van der Waals surface area contributed by atoms with Gasteiger partial charge in [0.2, 0.25) is 11.8 Å². The third kappa shape index (κ3) is 5.68. The van der Waals surface area contributed by atoms with Crippen LogP contribution in [-0.4, -0.2) is 46.5 Å². The van der Waals surface area contributed by atoms with E-state index in [1.165, 1.54) is 31.3 Å². The van der Waals surface area contributed by atoms with Gasteiger partial charge in [0.05, 0.1) is 0 Å². The maximum atomic E-state index is 13.3. The molecule has 0 bridgehead atoms. The number of carbonyl (C=O) groups is 1. The van der Waals surface area contributed by atoms with Crippen molar-refractivity contribution in [2.45, 2.75) is 58.9 Å². The first-order valence-electron chi connectivity index (χ1n) is 10.8. The van der Waals surface area contributed by atoms with Crippen LogP contribution < -0.4 is 9.64 Å². The lowest BCUT2D eigenvalue weighted by molar-refractivity contribution is -0.133. The molecule has 0 aliphatic carbocycles. The molecule has 2 aromatic rings. The van der Waals surface area contributed by atoms with Crippen molar-refractivity contribution in [2.24, 2.45) is 0 Å². The fourth-order valence-electron chi connectivity index (χ4n) is 3.78. The van der Waals surface area contributed by atoms with Crippen LogP contribution in [0, 0.1) is 12.7 Å². The second kappa shape index (κ2) is 10.4. The number of amides is 1. The topological polar surface area (TPSA) is 58.6 Å². The molecule has 1 unspecified atom stereocenters. The molecular weight excluding hydrogens is 383 g/mol. The molecule has 1 atom stereocenters. The average Bonchev–Trinajstić information content (AvgIpc) is 2.73. The van der Waals surface area contributed by atoms with E-state index in [2.05, 4.69) is 28.7 Å². The molecule has 1 saturated heterocycles. The van der Waals surface area contributed by atoms with Crippen molar-refractivity contribution in [3.63, 3.8) is 0 Å². The first-order chi connectivity index (χ1) is 14.5. The molecule has 2 heterocycles. The average molecular weight is 415 g/mol. The van der Waals surface area contributed by atoms with E-state index in [0.717, 1.165) is 25.2 Å². The molecule has 3 rings (SSSR count). The third-order valence-electron chi connectivity index (χ3n) is 5.50. The molecule has 30 heavy (non-hydrogen) atoms. The van der Waals surface area contributed by atoms with Crippen molar-refractivity contribution in [3.8, 4) is 11.6 Å². The molecule has 1 aromatic heterocycles. The minimum Gasteiger partial charge on any atom is -0.439 e. The summed E-state index contributed by atoms with van der Waals surface area (Å²) in [5.74, 6) is 1.69. The Bertz CT molecular complexity index is 861. The van der Waals surface area contributed by atoms with E-state index < -0.39 is 0 Å². The molecule has 1 aliphatic heterocycles. The fraction of sp³-hybridized carbons (Fsp3) is 0.522. The van der Waals surface area contributed by atoms with Gasteiger partial charge >= 0.3 is 0 Å². The normalized spacial score (nSPS) is 16.6. The minimum absolute atomic E-state index is 0.121. The summed E-state index contributed by atoms with van der Waals surface area (Å²) in [5.41, 5.74) is 0.704. The van der Waals surface area contributed by atoms with Crippen LogP contribution in [0.4, 0.5) is 10.2 Å². The Morgan fingerprint density at radius 3 is 2.77 bits per heavy atom. The van der Waals surface area contributed by atoms with Gasteiger partial charge in [-0.15, -0.1) is 0 Å². The number of hydrogen-bond acceptors (Lipinski definition) is 5. The zero-order chi connectivity index (χ0) is 21.5. The maximum absolute atomic E-state index is 13.3. The van der Waals surface area contributed by atoms with E-state index in [-0.39, 0.29) is 17.8 Å². The van der Waals surface area contributed by atoms with E-state index in [1.807, 2.05) is 4.90 Å². The van der Waals surface area contributed by atoms with Gasteiger partial charge in [-0.3, -0.25) is 4.79 Å². The van der Waals surface area contributed by atoms with Crippen LogP contribution in [0.1, 0.15) is 51.5 Å². The number of piperazine rings is 1. The molecule has 1 fully saturated rings. The summed E-state index contributed by atoms with van der Waals surface area (Å²) in [5, 5.41) is 0. The smallest absolute Gasteiger partial charge is 0.224 e. The van der Waals surface area contributed by atoms with E-state index in [4.69, 9.17) is 4.74 Å². The zero-order valence-corrected chi connectivity index (χ0v) is 18.1. The summed E-state index contributed by atoms with van der Waals surface area (Å²) in [6, 6.07) is 6.30. The van der Waals surface area contributed by atoms with Crippen LogP contribution >= 0.6 is 0 Å². The zero-order valence-electron chi connectivity index (χ0n) is 18.1. The number of rotatable bonds is 8. The number of hydrogen-bond donors (Lipinski definition) is 0. The highest BCUT2D eigenvalue weighted by molar-refractivity contribution is 5.76. The van der Waals surface area contributed by atoms with Gasteiger partial charge in [0, 0.05) is 38.2 Å². The van der Waals surface area contributed by atoms with Gasteiger partial charge in [-0.25, -0.2) is 14.4 Å². The van der Waals surface area contributed by atoms with Gasteiger partial charge in [-0.05, 0) is 44.0 Å². The standard InChI is InChI=1S/C23H31FN4O2/c1-4-5-6-7-8-23(29)28-12-11-27(15-18(28)3)21-14-22(26-16-25-21)30-20-10-9-19(24)13-17(20)2/h9-10,13-14,16,18H,4-8,11-12,15H2,1-3H3. The van der Waals surface area contributed by atoms with Crippen molar-refractivity contribution in [3.05, 3.63) is 42.0 Å². The largest absolute Gasteiger partial charge is 0.439 e. The summed E-state index contributed by atoms with van der Waals surface area (Å²) in [6.07, 6.45) is 6.55. The lowest BCUT2D eigenvalue weighted by atomic mass is 10.1. The van der Waals surface area contributed by atoms with E-state index in [9.17, 15) is 9.18 Å². The second-order valence-electron chi connectivity index (χ2n) is 7.92. The second-order valence-corrected chi connectivity index (χ2v) is 7.92. The molecule has 0 saturated carbocycles. The van der Waals surface area contributed by atoms with Crippen molar-refractivity contribution in [2.75, 3.05) is 24.5 Å². The third-order valence-corrected chi connectivity index (χ3v) is 5.50. The van der Waals surface area contributed by atoms with Gasteiger partial charge in [-0.2, -0.15) is 0 Å². The van der Waals surface area contributed by atoms with E-state index in [1.54, 1.807) is 19.1 Å². The molecule has 1 aromatic carbocycles. The van der Waals surface area contributed by atoms with Gasteiger partial charge in [-0.1, -0.05) is 26.2 Å². The molecule has 6 nitrogen and oxygen atoms in total. The molecular formula is C23H31FN4O2. The number of aromatic nitrogens is 2. The monoisotopic (exact) mass is 414 g/mol. The Morgan fingerprint density at radius 1 is 1.20 bits per heavy atom. The lowest BCUT2D eigenvalue weighted by Gasteiger charge is -2.40. The van der Waals surface area contributed by atoms with Crippen LogP contribution in [0.2, 0.25) is 0 Å². The summed E-state index contributed by atoms with van der Waals surface area (Å²) < 4.78 is 19.1. The molecule has 0 N–H and O–H groups in total. The Morgan fingerprint density at radius 2 is 2.03 bits per heavy atom. The first kappa shape index (κ1) is 22.0. The Hall–Kier alpha value is -2.70. The lowest BCUT2D eigenvalue weighted by Crippen LogP contribution is -2.54. The van der Waals surface area contributed by atoms with Crippen LogP contribution in [-0.2, 0) is 4.79 Å². The quantitative estimate of drug-likeness (QED) is 0.585. The number of halogens is 1. The van der Waals surface area contributed by atoms with Gasteiger partial charge < -0.3 is 14.5 Å². The molecule has 0 radical (unpaired) electrons.